The molecule has 0 bridgehead atoms. The van der Waals surface area contributed by atoms with E-state index in [2.05, 4.69) is 20.4 Å². The molecule has 5 rings (SSSR count). The molecule has 0 atom stereocenters. The average Bonchev–Trinajstić information content (AvgIpc) is 3.49. The Morgan fingerprint density at radius 2 is 1.87 bits per heavy atom. The van der Waals surface area contributed by atoms with Gasteiger partial charge in [0.15, 0.2) is 16.8 Å². The first-order chi connectivity index (χ1) is 18.1. The highest BCUT2D eigenvalue weighted by Gasteiger charge is 2.40. The first-order valence-corrected chi connectivity index (χ1v) is 10.9. The Balaban J connectivity index is 1.86. The van der Waals surface area contributed by atoms with Crippen molar-refractivity contribution in [2.24, 2.45) is 0 Å². The van der Waals surface area contributed by atoms with Gasteiger partial charge in [0.25, 0.3) is 11.5 Å². The third-order valence-electron chi connectivity index (χ3n) is 5.56. The Morgan fingerprint density at radius 3 is 2.53 bits per heavy atom. The predicted octanol–water partition coefficient (Wildman–Crippen LogP) is 3.34. The van der Waals surface area contributed by atoms with Crippen LogP contribution in [0.5, 0.6) is 5.75 Å². The van der Waals surface area contributed by atoms with Crippen LogP contribution >= 0.6 is 0 Å². The lowest BCUT2D eigenvalue weighted by Crippen LogP contribution is -2.33. The molecule has 14 heteroatoms. The number of fused-ring (bicyclic) bond motifs is 2. The van der Waals surface area contributed by atoms with Crippen LogP contribution < -0.4 is 15.6 Å². The van der Waals surface area contributed by atoms with Gasteiger partial charge in [-0.05, 0) is 17.7 Å². The number of oxazole rings is 1. The monoisotopic (exact) mass is 527 g/mol. The van der Waals surface area contributed by atoms with E-state index >= 15 is 0 Å². The molecule has 3 aromatic heterocycles. The summed E-state index contributed by atoms with van der Waals surface area (Å²) in [6.07, 6.45) is -4.96. The summed E-state index contributed by atoms with van der Waals surface area (Å²) >= 11 is 0. The fourth-order valence-corrected chi connectivity index (χ4v) is 3.96. The van der Waals surface area contributed by atoms with Gasteiger partial charge in [-0.1, -0.05) is 36.4 Å². The summed E-state index contributed by atoms with van der Waals surface area (Å²) < 4.78 is 53.5. The fourth-order valence-electron chi connectivity index (χ4n) is 3.96. The van der Waals surface area contributed by atoms with Gasteiger partial charge in [0.1, 0.15) is 29.2 Å². The topological polar surface area (TPSA) is 152 Å². The van der Waals surface area contributed by atoms with Crippen molar-refractivity contribution >= 4 is 28.6 Å². The lowest BCUT2D eigenvalue weighted by molar-refractivity contribution is -0.141. The van der Waals surface area contributed by atoms with Crippen LogP contribution in [-0.4, -0.2) is 50.2 Å². The molecule has 3 N–H and O–H groups in total. The number of carbonyl (C=O) groups excluding carboxylic acids is 1. The summed E-state index contributed by atoms with van der Waals surface area (Å²) in [4.78, 5) is 44.5. The Bertz CT molecular complexity index is 1770. The van der Waals surface area contributed by atoms with E-state index in [0.29, 0.717) is 4.52 Å². The van der Waals surface area contributed by atoms with Gasteiger partial charge in [0, 0.05) is 0 Å². The summed E-state index contributed by atoms with van der Waals surface area (Å²) in [5, 5.41) is 14.6. The minimum Gasteiger partial charge on any atom is -0.494 e. The van der Waals surface area contributed by atoms with Gasteiger partial charge in [-0.2, -0.15) is 22.8 Å². The number of aromatic amines is 1. The van der Waals surface area contributed by atoms with Crippen LogP contribution in [0, 0.1) is 0 Å². The maximum absolute atomic E-state index is 14.0. The van der Waals surface area contributed by atoms with Crippen molar-refractivity contribution in [3.05, 3.63) is 70.3 Å². The number of hydrogen-bond donors (Lipinski definition) is 3. The Labute approximate surface area is 209 Å². The number of carboxylic acid groups (broad SMARTS) is 1. The molecule has 0 unspecified atom stereocenters. The molecule has 0 radical (unpaired) electrons. The molecule has 0 saturated heterocycles. The summed E-state index contributed by atoms with van der Waals surface area (Å²) in [6, 6.07) is 12.0. The second-order valence-electron chi connectivity index (χ2n) is 7.93. The molecule has 2 aromatic carbocycles. The summed E-state index contributed by atoms with van der Waals surface area (Å²) in [5.41, 5.74) is -4.15. The number of para-hydroxylation sites is 1. The molecule has 0 saturated carbocycles. The van der Waals surface area contributed by atoms with Gasteiger partial charge in [0.2, 0.25) is 5.89 Å². The number of rotatable bonds is 6. The van der Waals surface area contributed by atoms with E-state index in [0.717, 1.165) is 0 Å². The van der Waals surface area contributed by atoms with Crippen molar-refractivity contribution in [3.63, 3.8) is 0 Å². The van der Waals surface area contributed by atoms with Crippen LogP contribution in [0.15, 0.2) is 57.7 Å². The zero-order chi connectivity index (χ0) is 27.2. The quantitative estimate of drug-likeness (QED) is 0.304. The van der Waals surface area contributed by atoms with E-state index in [1.807, 2.05) is 0 Å². The summed E-state index contributed by atoms with van der Waals surface area (Å²) in [5.74, 6) is -2.62. The number of amides is 1. The van der Waals surface area contributed by atoms with Gasteiger partial charge in [-0.15, -0.1) is 0 Å². The molecular formula is C24H16F3N5O6. The minimum absolute atomic E-state index is 0.0710. The molecule has 0 fully saturated rings. The van der Waals surface area contributed by atoms with Crippen molar-refractivity contribution in [3.8, 4) is 28.3 Å². The zero-order valence-electron chi connectivity index (χ0n) is 19.3. The molecular weight excluding hydrogens is 511 g/mol. The zero-order valence-corrected chi connectivity index (χ0v) is 19.3. The molecule has 0 aliphatic carbocycles. The van der Waals surface area contributed by atoms with Crippen molar-refractivity contribution in [2.75, 3.05) is 13.7 Å². The van der Waals surface area contributed by atoms with Crippen LogP contribution in [0.4, 0.5) is 13.2 Å². The largest absolute Gasteiger partial charge is 0.494 e. The molecule has 0 aliphatic heterocycles. The highest BCUT2D eigenvalue weighted by molar-refractivity contribution is 6.00. The van der Waals surface area contributed by atoms with E-state index in [4.69, 9.17) is 14.3 Å². The number of carbonyl (C=O) groups is 2. The molecule has 0 aliphatic rings. The highest BCUT2D eigenvalue weighted by atomic mass is 19.4. The second kappa shape index (κ2) is 9.06. The number of hydrogen-bond acceptors (Lipinski definition) is 7. The van der Waals surface area contributed by atoms with Gasteiger partial charge in [-0.25, -0.2) is 4.98 Å². The van der Waals surface area contributed by atoms with Crippen molar-refractivity contribution < 1.29 is 37.0 Å². The average molecular weight is 527 g/mol. The number of benzene rings is 2. The van der Waals surface area contributed by atoms with Gasteiger partial charge in [0.05, 0.1) is 12.7 Å². The van der Waals surface area contributed by atoms with Crippen LogP contribution in [0.3, 0.4) is 0 Å². The first-order valence-electron chi connectivity index (χ1n) is 10.9. The second-order valence-corrected chi connectivity index (χ2v) is 7.93. The maximum atomic E-state index is 14.0. The Morgan fingerprint density at radius 1 is 1.13 bits per heavy atom. The van der Waals surface area contributed by atoms with E-state index in [-0.39, 0.29) is 22.4 Å². The maximum Gasteiger partial charge on any atom is 0.435 e. The molecule has 1 amide bonds. The Kier molecular flexibility index (Phi) is 5.86. The highest BCUT2D eigenvalue weighted by Crippen LogP contribution is 2.38. The van der Waals surface area contributed by atoms with Crippen LogP contribution in [-0.2, 0) is 11.0 Å². The van der Waals surface area contributed by atoms with E-state index in [1.54, 1.807) is 18.2 Å². The molecule has 5 aromatic rings. The molecule has 0 spiro atoms. The van der Waals surface area contributed by atoms with Crippen LogP contribution in [0.2, 0.25) is 0 Å². The first kappa shape index (κ1) is 24.5. The predicted molar refractivity (Wildman–Crippen MR) is 126 cm³/mol. The third-order valence-corrected chi connectivity index (χ3v) is 5.56. The number of alkyl halides is 3. The number of aromatic nitrogens is 4. The molecule has 194 valence electrons. The normalized spacial score (nSPS) is 11.7. The van der Waals surface area contributed by atoms with Gasteiger partial charge in [-0.3, -0.25) is 14.4 Å². The number of methoxy groups -OCH3 is 1. The van der Waals surface area contributed by atoms with Crippen LogP contribution in [0.25, 0.3) is 39.3 Å². The summed E-state index contributed by atoms with van der Waals surface area (Å²) in [6.45, 7) is -0.828. The number of ether oxygens (including phenoxy) is 1. The molecule has 3 heterocycles. The molecule has 38 heavy (non-hydrogen) atoms. The van der Waals surface area contributed by atoms with Crippen molar-refractivity contribution in [1.82, 2.24) is 24.9 Å². The van der Waals surface area contributed by atoms with E-state index < -0.39 is 64.2 Å². The summed E-state index contributed by atoms with van der Waals surface area (Å²) in [7, 11) is 1.38. The smallest absolute Gasteiger partial charge is 0.435 e. The lowest BCUT2D eigenvalue weighted by Gasteiger charge is -2.09. The van der Waals surface area contributed by atoms with Crippen molar-refractivity contribution in [1.29, 1.82) is 0 Å². The number of H-pyrrole nitrogens is 1. The van der Waals surface area contributed by atoms with E-state index in [1.165, 1.54) is 37.4 Å². The number of carboxylic acids is 1. The lowest BCUT2D eigenvalue weighted by atomic mass is 10.1. The standard InChI is InChI=1S/C24H16F3N5O6/c1-37-12-8-5-9-13-17(12)30-22(38-13)16-18(21(35)28-10-14(33)34)29-20-15(11-6-3-2-4-7-11)19(24(25,26)27)31-32(20)23(16)36/h2-9,29H,10H2,1H3,(H,28,35)(H,33,34). The number of halogens is 3. The number of nitrogens with zero attached hydrogens (tertiary/aromatic N) is 3. The SMILES string of the molecule is COc1cccc2oc(-c3c(C(=O)NCC(=O)O)[nH]c4c(-c5ccccc5)c(C(F)(F)F)nn4c3=O)nc12. The number of aliphatic carboxylic acids is 1. The number of nitrogens with one attached hydrogen (secondary N) is 2. The fraction of sp³-hybridized carbons (Fsp3) is 0.125. The van der Waals surface area contributed by atoms with Crippen LogP contribution in [0.1, 0.15) is 16.2 Å². The molecule has 11 nitrogen and oxygen atoms in total. The van der Waals surface area contributed by atoms with Gasteiger partial charge >= 0.3 is 12.1 Å². The van der Waals surface area contributed by atoms with Crippen molar-refractivity contribution in [2.45, 2.75) is 6.18 Å². The third kappa shape index (κ3) is 4.11. The Hall–Kier alpha value is -5.14. The van der Waals surface area contributed by atoms with E-state index in [9.17, 15) is 27.6 Å². The van der Waals surface area contributed by atoms with Gasteiger partial charge < -0.3 is 24.6 Å². The minimum atomic E-state index is -4.96.